The van der Waals surface area contributed by atoms with Crippen LogP contribution in [0.3, 0.4) is 0 Å². The minimum Gasteiger partial charge on any atom is -0.343 e. The predicted octanol–water partition coefficient (Wildman–Crippen LogP) is 4.89. The van der Waals surface area contributed by atoms with Crippen molar-refractivity contribution in [2.75, 3.05) is 13.6 Å². The molecule has 0 radical (unpaired) electrons. The lowest BCUT2D eigenvalue weighted by molar-refractivity contribution is 0.209. The second kappa shape index (κ2) is 5.58. The summed E-state index contributed by atoms with van der Waals surface area (Å²) in [6.07, 6.45) is 3.13. The molecule has 2 unspecified atom stereocenters. The summed E-state index contributed by atoms with van der Waals surface area (Å²) in [5, 5.41) is 2.16. The van der Waals surface area contributed by atoms with E-state index in [1.54, 1.807) is 5.69 Å². The molecule has 134 valence electrons. The maximum atomic E-state index is 6.34. The van der Waals surface area contributed by atoms with E-state index in [4.69, 9.17) is 11.6 Å². The standard InChI is InChI=1S/C22H24ClN3/c1-14-8-16(6-7-24-14)22(2)10-15-11-25(3)12-19-18-9-17(23)4-5-20(18)26(13-22)21(15)19/h4-9,15H,10-13H2,1-3H3. The number of pyridine rings is 1. The van der Waals surface area contributed by atoms with Crippen molar-refractivity contribution in [3.05, 3.63) is 64.1 Å². The van der Waals surface area contributed by atoms with E-state index < -0.39 is 0 Å². The van der Waals surface area contributed by atoms with E-state index in [0.29, 0.717) is 5.92 Å². The monoisotopic (exact) mass is 365 g/mol. The molecule has 4 heteroatoms. The van der Waals surface area contributed by atoms with Crippen LogP contribution in [-0.2, 0) is 18.5 Å². The van der Waals surface area contributed by atoms with Crippen LogP contribution in [0.2, 0.25) is 5.02 Å². The molecular formula is C22H24ClN3. The molecule has 0 saturated carbocycles. The third-order valence-corrected chi connectivity index (χ3v) is 6.55. The average Bonchev–Trinajstić information content (AvgIpc) is 2.88. The van der Waals surface area contributed by atoms with Crippen LogP contribution in [0.15, 0.2) is 36.5 Å². The van der Waals surface area contributed by atoms with Crippen LogP contribution < -0.4 is 0 Å². The van der Waals surface area contributed by atoms with Crippen molar-refractivity contribution in [2.45, 2.75) is 44.7 Å². The molecule has 5 rings (SSSR count). The molecule has 0 bridgehead atoms. The summed E-state index contributed by atoms with van der Waals surface area (Å²) in [5.74, 6) is 0.558. The number of rotatable bonds is 1. The Morgan fingerprint density at radius 1 is 1.23 bits per heavy atom. The SMILES string of the molecule is Cc1cc(C2(C)CC3CN(C)Cc4c3n(c3ccc(Cl)cc43)C2)ccn1. The van der Waals surface area contributed by atoms with Crippen molar-refractivity contribution in [1.29, 1.82) is 0 Å². The molecule has 0 amide bonds. The number of hydrogen-bond donors (Lipinski definition) is 0. The predicted molar refractivity (Wildman–Crippen MR) is 107 cm³/mol. The molecule has 0 saturated heterocycles. The molecule has 2 aliphatic rings. The van der Waals surface area contributed by atoms with Crippen LogP contribution in [0.25, 0.3) is 10.9 Å². The zero-order chi connectivity index (χ0) is 18.1. The van der Waals surface area contributed by atoms with Gasteiger partial charge in [0.25, 0.3) is 0 Å². The van der Waals surface area contributed by atoms with Gasteiger partial charge in [0.2, 0.25) is 0 Å². The molecule has 2 atom stereocenters. The van der Waals surface area contributed by atoms with Crippen molar-refractivity contribution in [1.82, 2.24) is 14.5 Å². The van der Waals surface area contributed by atoms with Gasteiger partial charge >= 0.3 is 0 Å². The lowest BCUT2D eigenvalue weighted by Gasteiger charge is -2.44. The highest BCUT2D eigenvalue weighted by Gasteiger charge is 2.42. The van der Waals surface area contributed by atoms with E-state index in [2.05, 4.69) is 59.6 Å². The first-order valence-corrected chi connectivity index (χ1v) is 9.75. The van der Waals surface area contributed by atoms with Gasteiger partial charge in [-0.25, -0.2) is 0 Å². The van der Waals surface area contributed by atoms with Crippen LogP contribution in [-0.4, -0.2) is 28.0 Å². The van der Waals surface area contributed by atoms with Gasteiger partial charge in [-0.1, -0.05) is 18.5 Å². The lowest BCUT2D eigenvalue weighted by atomic mass is 9.71. The normalized spacial score (nSPS) is 25.5. The summed E-state index contributed by atoms with van der Waals surface area (Å²) in [4.78, 5) is 6.87. The summed E-state index contributed by atoms with van der Waals surface area (Å²) in [6, 6.07) is 10.9. The highest BCUT2D eigenvalue weighted by molar-refractivity contribution is 6.31. The zero-order valence-electron chi connectivity index (χ0n) is 15.6. The van der Waals surface area contributed by atoms with Gasteiger partial charge < -0.3 is 9.47 Å². The van der Waals surface area contributed by atoms with E-state index in [9.17, 15) is 0 Å². The van der Waals surface area contributed by atoms with Crippen molar-refractivity contribution in [3.63, 3.8) is 0 Å². The van der Waals surface area contributed by atoms with Gasteiger partial charge in [0.15, 0.2) is 0 Å². The van der Waals surface area contributed by atoms with E-state index in [1.165, 1.54) is 28.5 Å². The lowest BCUT2D eigenvalue weighted by Crippen LogP contribution is -2.42. The van der Waals surface area contributed by atoms with Crippen LogP contribution in [0, 0.1) is 6.92 Å². The molecule has 0 spiro atoms. The number of benzene rings is 1. The second-order valence-corrected chi connectivity index (χ2v) is 8.89. The first-order valence-electron chi connectivity index (χ1n) is 9.37. The Kier molecular flexibility index (Phi) is 3.51. The third kappa shape index (κ3) is 2.34. The number of fused-ring (bicyclic) bond motifs is 3. The Bertz CT molecular complexity index is 1020. The quantitative estimate of drug-likeness (QED) is 0.612. The molecule has 2 aromatic heterocycles. The Balaban J connectivity index is 1.74. The highest BCUT2D eigenvalue weighted by Crippen LogP contribution is 2.48. The van der Waals surface area contributed by atoms with Gasteiger partial charge in [-0.2, -0.15) is 0 Å². The first-order chi connectivity index (χ1) is 12.4. The number of aryl methyl sites for hydroxylation is 1. The largest absolute Gasteiger partial charge is 0.343 e. The number of likely N-dealkylation sites (N-methyl/N-ethyl adjacent to an activating group) is 1. The number of nitrogens with zero attached hydrogens (tertiary/aromatic N) is 3. The molecule has 26 heavy (non-hydrogen) atoms. The fourth-order valence-electron chi connectivity index (χ4n) is 5.27. The van der Waals surface area contributed by atoms with Crippen LogP contribution >= 0.6 is 11.6 Å². The fourth-order valence-corrected chi connectivity index (χ4v) is 5.44. The molecule has 0 fully saturated rings. The van der Waals surface area contributed by atoms with Gasteiger partial charge in [0, 0.05) is 64.5 Å². The summed E-state index contributed by atoms with van der Waals surface area (Å²) < 4.78 is 2.58. The van der Waals surface area contributed by atoms with E-state index in [1.807, 2.05) is 12.3 Å². The van der Waals surface area contributed by atoms with Crippen LogP contribution in [0.5, 0.6) is 0 Å². The summed E-state index contributed by atoms with van der Waals surface area (Å²) >= 11 is 6.34. The minimum atomic E-state index is 0.117. The Hall–Kier alpha value is -1.84. The molecular weight excluding hydrogens is 342 g/mol. The van der Waals surface area contributed by atoms with Crippen LogP contribution in [0.1, 0.15) is 41.8 Å². The number of halogens is 1. The first kappa shape index (κ1) is 16.3. The number of aromatic nitrogens is 2. The summed E-state index contributed by atoms with van der Waals surface area (Å²) in [6.45, 7) is 7.66. The number of hydrogen-bond acceptors (Lipinski definition) is 2. The molecule has 0 N–H and O–H groups in total. The maximum Gasteiger partial charge on any atom is 0.0487 e. The van der Waals surface area contributed by atoms with E-state index >= 15 is 0 Å². The molecule has 3 nitrogen and oxygen atoms in total. The highest BCUT2D eigenvalue weighted by atomic mass is 35.5. The smallest absolute Gasteiger partial charge is 0.0487 e. The third-order valence-electron chi connectivity index (χ3n) is 6.32. The summed E-state index contributed by atoms with van der Waals surface area (Å²) in [5.41, 5.74) is 6.97. The molecule has 1 aromatic carbocycles. The van der Waals surface area contributed by atoms with Crippen molar-refractivity contribution in [3.8, 4) is 0 Å². The average molecular weight is 366 g/mol. The Labute approximate surface area is 159 Å². The minimum absolute atomic E-state index is 0.117. The van der Waals surface area contributed by atoms with Gasteiger partial charge in [-0.3, -0.25) is 4.98 Å². The Morgan fingerprint density at radius 2 is 2.08 bits per heavy atom. The van der Waals surface area contributed by atoms with Crippen molar-refractivity contribution in [2.24, 2.45) is 0 Å². The van der Waals surface area contributed by atoms with Gasteiger partial charge in [-0.15, -0.1) is 0 Å². The molecule has 3 aromatic rings. The van der Waals surface area contributed by atoms with Gasteiger partial charge in [-0.05, 0) is 61.9 Å². The Morgan fingerprint density at radius 3 is 2.88 bits per heavy atom. The second-order valence-electron chi connectivity index (χ2n) is 8.46. The van der Waals surface area contributed by atoms with Gasteiger partial charge in [0.1, 0.15) is 0 Å². The zero-order valence-corrected chi connectivity index (χ0v) is 16.3. The van der Waals surface area contributed by atoms with Gasteiger partial charge in [0.05, 0.1) is 0 Å². The molecule has 2 aliphatic heterocycles. The van der Waals surface area contributed by atoms with Crippen LogP contribution in [0.4, 0.5) is 0 Å². The van der Waals surface area contributed by atoms with E-state index in [0.717, 1.165) is 30.4 Å². The summed E-state index contributed by atoms with van der Waals surface area (Å²) in [7, 11) is 2.24. The maximum absolute atomic E-state index is 6.34. The van der Waals surface area contributed by atoms with Crippen molar-refractivity contribution >= 4 is 22.5 Å². The van der Waals surface area contributed by atoms with Crippen molar-refractivity contribution < 1.29 is 0 Å². The van der Waals surface area contributed by atoms with E-state index in [-0.39, 0.29) is 5.41 Å². The molecule has 0 aliphatic carbocycles. The molecule has 4 heterocycles. The fraction of sp³-hybridized carbons (Fsp3) is 0.409. The topological polar surface area (TPSA) is 21.1 Å².